The first kappa shape index (κ1) is 18.3. The summed E-state index contributed by atoms with van der Waals surface area (Å²) >= 11 is 0. The Morgan fingerprint density at radius 3 is 2.64 bits per heavy atom. The van der Waals surface area contributed by atoms with Crippen LogP contribution in [0.2, 0.25) is 0 Å². The molecule has 2 fully saturated rings. The van der Waals surface area contributed by atoms with Gasteiger partial charge >= 0.3 is 0 Å². The van der Waals surface area contributed by atoms with E-state index in [-0.39, 0.29) is 5.91 Å². The quantitative estimate of drug-likeness (QED) is 0.874. The molecule has 2 saturated heterocycles. The molecule has 1 aromatic heterocycles. The van der Waals surface area contributed by atoms with E-state index in [0.29, 0.717) is 67.7 Å². The van der Waals surface area contributed by atoms with Gasteiger partial charge in [-0.25, -0.2) is 9.97 Å². The molecule has 8 heteroatoms. The fourth-order valence-corrected chi connectivity index (χ4v) is 3.57. The molecule has 0 bridgehead atoms. The number of amides is 1. The molecule has 2 aliphatic rings. The minimum atomic E-state index is -0.522. The van der Waals surface area contributed by atoms with E-state index in [2.05, 4.69) is 21.4 Å². The number of carbonyl (C=O) groups is 1. The first-order valence-electron chi connectivity index (χ1n) is 9.28. The molecule has 0 saturated carbocycles. The molecule has 28 heavy (non-hydrogen) atoms. The number of nitriles is 1. The van der Waals surface area contributed by atoms with Gasteiger partial charge in [0.2, 0.25) is 0 Å². The molecular formula is C20H21N5O3. The molecule has 0 aliphatic carbocycles. The van der Waals surface area contributed by atoms with Crippen molar-refractivity contribution in [3.8, 4) is 6.07 Å². The van der Waals surface area contributed by atoms with Crippen molar-refractivity contribution in [1.82, 2.24) is 14.9 Å². The largest absolute Gasteiger partial charge is 0.347 e. The summed E-state index contributed by atoms with van der Waals surface area (Å²) in [7, 11) is 0. The number of benzene rings is 1. The van der Waals surface area contributed by atoms with E-state index in [4.69, 9.17) is 9.47 Å². The SMILES string of the molecule is Cc1nc(Nc2ccccc2C#N)cc(C(=O)N2CCC3(CC2)OCCO3)n1. The number of ether oxygens (including phenoxy) is 2. The summed E-state index contributed by atoms with van der Waals surface area (Å²) in [5, 5.41) is 12.4. The van der Waals surface area contributed by atoms with E-state index in [9.17, 15) is 10.1 Å². The zero-order valence-electron chi connectivity index (χ0n) is 15.6. The lowest BCUT2D eigenvalue weighted by Gasteiger charge is -2.37. The van der Waals surface area contributed by atoms with Gasteiger partial charge in [-0.3, -0.25) is 4.79 Å². The molecule has 4 rings (SSSR count). The number of nitrogens with one attached hydrogen (secondary N) is 1. The van der Waals surface area contributed by atoms with Crippen LogP contribution < -0.4 is 5.32 Å². The van der Waals surface area contributed by atoms with Crippen molar-refractivity contribution >= 4 is 17.4 Å². The van der Waals surface area contributed by atoms with Crippen LogP contribution in [-0.2, 0) is 9.47 Å². The second kappa shape index (κ2) is 7.54. The van der Waals surface area contributed by atoms with Crippen LogP contribution in [0.15, 0.2) is 30.3 Å². The Morgan fingerprint density at radius 1 is 1.21 bits per heavy atom. The standard InChI is InChI=1S/C20H21N5O3/c1-14-22-17(12-18(23-14)24-16-5-3-2-4-15(16)13-21)19(26)25-8-6-20(7-9-25)27-10-11-28-20/h2-5,12H,6-11H2,1H3,(H,22,23,24). The van der Waals surface area contributed by atoms with Crippen molar-refractivity contribution in [2.75, 3.05) is 31.6 Å². The molecule has 8 nitrogen and oxygen atoms in total. The number of carbonyl (C=O) groups excluding carboxylic acids is 1. The number of piperidine rings is 1. The molecule has 1 N–H and O–H groups in total. The van der Waals surface area contributed by atoms with Gasteiger partial charge in [0.05, 0.1) is 24.5 Å². The molecule has 1 spiro atoms. The van der Waals surface area contributed by atoms with Gasteiger partial charge in [0.15, 0.2) is 5.79 Å². The fraction of sp³-hybridized carbons (Fsp3) is 0.400. The molecule has 0 atom stereocenters. The number of anilines is 2. The lowest BCUT2D eigenvalue weighted by molar-refractivity contribution is -0.181. The second-order valence-corrected chi connectivity index (χ2v) is 6.87. The third-order valence-corrected chi connectivity index (χ3v) is 4.99. The maximum Gasteiger partial charge on any atom is 0.272 e. The molecule has 144 valence electrons. The normalized spacial score (nSPS) is 18.1. The number of likely N-dealkylation sites (tertiary alicyclic amines) is 1. The summed E-state index contributed by atoms with van der Waals surface area (Å²) in [6, 6.07) is 10.9. The predicted octanol–water partition coefficient (Wildman–Crippen LogP) is 2.38. The summed E-state index contributed by atoms with van der Waals surface area (Å²) in [6.45, 7) is 4.07. The van der Waals surface area contributed by atoms with Crippen LogP contribution in [0.5, 0.6) is 0 Å². The average Bonchev–Trinajstić information content (AvgIpc) is 3.16. The van der Waals surface area contributed by atoms with Crippen LogP contribution in [0.4, 0.5) is 11.5 Å². The van der Waals surface area contributed by atoms with E-state index in [1.54, 1.807) is 36.1 Å². The third kappa shape index (κ3) is 3.67. The molecule has 0 unspecified atom stereocenters. The lowest BCUT2D eigenvalue weighted by atomic mass is 10.0. The predicted molar refractivity (Wildman–Crippen MR) is 101 cm³/mol. The zero-order chi connectivity index (χ0) is 19.6. The topological polar surface area (TPSA) is 100 Å². The Labute approximate surface area is 163 Å². The maximum atomic E-state index is 13.0. The van der Waals surface area contributed by atoms with Gasteiger partial charge < -0.3 is 19.7 Å². The van der Waals surface area contributed by atoms with Crippen molar-refractivity contribution in [2.45, 2.75) is 25.6 Å². The zero-order valence-corrected chi connectivity index (χ0v) is 15.6. The average molecular weight is 379 g/mol. The summed E-state index contributed by atoms with van der Waals surface area (Å²) in [6.07, 6.45) is 1.31. The second-order valence-electron chi connectivity index (χ2n) is 6.87. The number of para-hydroxylation sites is 1. The van der Waals surface area contributed by atoms with Gasteiger partial charge in [0.25, 0.3) is 5.91 Å². The minimum absolute atomic E-state index is 0.144. The first-order valence-corrected chi connectivity index (χ1v) is 9.28. The van der Waals surface area contributed by atoms with Crippen LogP contribution in [0.3, 0.4) is 0 Å². The van der Waals surface area contributed by atoms with E-state index in [0.717, 1.165) is 0 Å². The van der Waals surface area contributed by atoms with Gasteiger partial charge in [0.1, 0.15) is 23.4 Å². The molecule has 1 aromatic carbocycles. The van der Waals surface area contributed by atoms with Gasteiger partial charge in [-0.15, -0.1) is 0 Å². The van der Waals surface area contributed by atoms with E-state index in [1.165, 1.54) is 0 Å². The Hall–Kier alpha value is -3.02. The highest BCUT2D eigenvalue weighted by Crippen LogP contribution is 2.31. The molecular weight excluding hydrogens is 358 g/mol. The van der Waals surface area contributed by atoms with E-state index < -0.39 is 5.79 Å². The smallest absolute Gasteiger partial charge is 0.272 e. The summed E-state index contributed by atoms with van der Waals surface area (Å²) in [5.41, 5.74) is 1.47. The van der Waals surface area contributed by atoms with E-state index >= 15 is 0 Å². The number of hydrogen-bond donors (Lipinski definition) is 1. The van der Waals surface area contributed by atoms with Crippen molar-refractivity contribution in [3.05, 3.63) is 47.4 Å². The highest BCUT2D eigenvalue weighted by Gasteiger charge is 2.41. The highest BCUT2D eigenvalue weighted by atomic mass is 16.7. The lowest BCUT2D eigenvalue weighted by Crippen LogP contribution is -2.47. The number of aromatic nitrogens is 2. The van der Waals surface area contributed by atoms with Crippen LogP contribution in [-0.4, -0.2) is 52.9 Å². The number of aryl methyl sites for hydroxylation is 1. The number of hydrogen-bond acceptors (Lipinski definition) is 7. The molecule has 2 aromatic rings. The fourth-order valence-electron chi connectivity index (χ4n) is 3.57. The molecule has 0 radical (unpaired) electrons. The van der Waals surface area contributed by atoms with Gasteiger partial charge in [-0.1, -0.05) is 12.1 Å². The van der Waals surface area contributed by atoms with Crippen molar-refractivity contribution in [3.63, 3.8) is 0 Å². The first-order chi connectivity index (χ1) is 13.6. The van der Waals surface area contributed by atoms with Gasteiger partial charge in [-0.2, -0.15) is 5.26 Å². The Morgan fingerprint density at radius 2 is 1.93 bits per heavy atom. The minimum Gasteiger partial charge on any atom is -0.347 e. The Balaban J connectivity index is 1.51. The van der Waals surface area contributed by atoms with E-state index in [1.807, 2.05) is 6.07 Å². The third-order valence-electron chi connectivity index (χ3n) is 4.99. The monoisotopic (exact) mass is 379 g/mol. The van der Waals surface area contributed by atoms with Gasteiger partial charge in [0, 0.05) is 32.0 Å². The Kier molecular flexibility index (Phi) is 4.94. The van der Waals surface area contributed by atoms with Crippen LogP contribution >= 0.6 is 0 Å². The number of nitrogens with zero attached hydrogens (tertiary/aromatic N) is 4. The molecule has 2 aliphatic heterocycles. The van der Waals surface area contributed by atoms with Crippen LogP contribution in [0.25, 0.3) is 0 Å². The highest BCUT2D eigenvalue weighted by molar-refractivity contribution is 5.93. The van der Waals surface area contributed by atoms with Crippen LogP contribution in [0.1, 0.15) is 34.7 Å². The van der Waals surface area contributed by atoms with Gasteiger partial charge in [-0.05, 0) is 19.1 Å². The molecule has 3 heterocycles. The summed E-state index contributed by atoms with van der Waals surface area (Å²) in [4.78, 5) is 23.4. The van der Waals surface area contributed by atoms with Crippen molar-refractivity contribution in [2.24, 2.45) is 0 Å². The van der Waals surface area contributed by atoms with Crippen molar-refractivity contribution < 1.29 is 14.3 Å². The maximum absolute atomic E-state index is 13.0. The summed E-state index contributed by atoms with van der Waals surface area (Å²) in [5.74, 6) is 0.301. The molecule has 1 amide bonds. The van der Waals surface area contributed by atoms with Crippen molar-refractivity contribution in [1.29, 1.82) is 5.26 Å². The van der Waals surface area contributed by atoms with Crippen LogP contribution in [0, 0.1) is 18.3 Å². The summed E-state index contributed by atoms with van der Waals surface area (Å²) < 4.78 is 11.4. The number of rotatable bonds is 3. The Bertz CT molecular complexity index is 924.